The summed E-state index contributed by atoms with van der Waals surface area (Å²) >= 11 is 0. The molecular formula is C27H31N3O5. The minimum absolute atomic E-state index is 0.446. The molecular weight excluding hydrogens is 446 g/mol. The Morgan fingerprint density at radius 1 is 1.14 bits per heavy atom. The molecule has 0 fully saturated rings. The monoisotopic (exact) mass is 477 g/mol. The zero-order chi connectivity index (χ0) is 24.9. The van der Waals surface area contributed by atoms with E-state index in [0.29, 0.717) is 29.3 Å². The number of nitrogens with zero attached hydrogens (tertiary/aromatic N) is 2. The van der Waals surface area contributed by atoms with E-state index in [9.17, 15) is 9.59 Å². The molecule has 0 saturated carbocycles. The number of esters is 1. The molecule has 0 saturated heterocycles. The molecule has 35 heavy (non-hydrogen) atoms. The van der Waals surface area contributed by atoms with E-state index in [0.717, 1.165) is 48.1 Å². The van der Waals surface area contributed by atoms with Crippen LogP contribution in [0.3, 0.4) is 0 Å². The number of amides is 1. The molecule has 3 aromatic rings. The van der Waals surface area contributed by atoms with Gasteiger partial charge in [0.1, 0.15) is 11.5 Å². The molecule has 1 atom stereocenters. The molecule has 0 radical (unpaired) electrons. The first-order chi connectivity index (χ1) is 16.9. The Bertz CT molecular complexity index is 1240. The van der Waals surface area contributed by atoms with E-state index in [-0.39, 0.29) is 0 Å². The van der Waals surface area contributed by atoms with Gasteiger partial charge in [-0.3, -0.25) is 14.7 Å². The third-order valence-corrected chi connectivity index (χ3v) is 6.19. The number of aromatic nitrogens is 1. The third-order valence-electron chi connectivity index (χ3n) is 6.19. The zero-order valence-corrected chi connectivity index (χ0v) is 20.6. The van der Waals surface area contributed by atoms with E-state index in [1.54, 1.807) is 32.2 Å². The molecule has 0 bridgehead atoms. The Labute approximate surface area is 205 Å². The van der Waals surface area contributed by atoms with Gasteiger partial charge in [-0.2, -0.15) is 0 Å². The van der Waals surface area contributed by atoms with E-state index in [1.165, 1.54) is 7.11 Å². The fourth-order valence-electron chi connectivity index (χ4n) is 4.40. The van der Waals surface area contributed by atoms with Crippen molar-refractivity contribution in [3.63, 3.8) is 0 Å². The maximum atomic E-state index is 13.5. The lowest BCUT2D eigenvalue weighted by atomic mass is 9.95. The predicted molar refractivity (Wildman–Crippen MR) is 134 cm³/mol. The number of hydrogen-bond donors (Lipinski definition) is 1. The molecule has 0 spiro atoms. The molecule has 1 amide bonds. The maximum Gasteiger partial charge on any atom is 0.339 e. The van der Waals surface area contributed by atoms with Crippen LogP contribution in [0.1, 0.15) is 41.9 Å². The minimum Gasteiger partial charge on any atom is -0.497 e. The van der Waals surface area contributed by atoms with Crippen molar-refractivity contribution in [2.75, 3.05) is 32.6 Å². The zero-order valence-electron chi connectivity index (χ0n) is 20.6. The van der Waals surface area contributed by atoms with E-state index >= 15 is 0 Å². The van der Waals surface area contributed by atoms with Crippen molar-refractivity contribution >= 4 is 28.5 Å². The first-order valence-electron chi connectivity index (χ1n) is 11.8. The Morgan fingerprint density at radius 2 is 1.94 bits per heavy atom. The molecule has 1 aromatic heterocycles. The Hall–Kier alpha value is -3.65. The number of pyridine rings is 1. The summed E-state index contributed by atoms with van der Waals surface area (Å²) in [6, 6.07) is 12.6. The molecule has 1 unspecified atom stereocenters. The van der Waals surface area contributed by atoms with Gasteiger partial charge in [0.05, 0.1) is 31.0 Å². The van der Waals surface area contributed by atoms with Crippen LogP contribution in [0.25, 0.3) is 10.9 Å². The molecule has 184 valence electrons. The quantitative estimate of drug-likeness (QED) is 0.486. The lowest BCUT2D eigenvalue weighted by molar-refractivity contribution is -0.123. The second-order valence-electron chi connectivity index (χ2n) is 8.56. The predicted octanol–water partition coefficient (Wildman–Crippen LogP) is 4.20. The van der Waals surface area contributed by atoms with Crippen LogP contribution in [0, 0.1) is 0 Å². The van der Waals surface area contributed by atoms with Gasteiger partial charge in [0, 0.05) is 42.2 Å². The second kappa shape index (κ2) is 10.7. The van der Waals surface area contributed by atoms with Gasteiger partial charge in [-0.15, -0.1) is 0 Å². The number of hydrogen-bond acceptors (Lipinski definition) is 7. The van der Waals surface area contributed by atoms with Crippen molar-refractivity contribution < 1.29 is 23.8 Å². The molecule has 8 heteroatoms. The molecule has 2 heterocycles. The van der Waals surface area contributed by atoms with Gasteiger partial charge in [0.25, 0.3) is 5.91 Å². The highest BCUT2D eigenvalue weighted by Crippen LogP contribution is 2.31. The third kappa shape index (κ3) is 5.22. The van der Waals surface area contributed by atoms with Crippen LogP contribution in [0.2, 0.25) is 0 Å². The number of ether oxygens (including phenoxy) is 3. The number of nitrogens with one attached hydrogen (secondary N) is 1. The van der Waals surface area contributed by atoms with E-state index < -0.39 is 18.0 Å². The van der Waals surface area contributed by atoms with Crippen molar-refractivity contribution in [3.8, 4) is 11.5 Å². The van der Waals surface area contributed by atoms with Crippen LogP contribution >= 0.6 is 0 Å². The van der Waals surface area contributed by atoms with Gasteiger partial charge in [-0.1, -0.05) is 25.1 Å². The SMILES string of the molecule is CCCN1CCc2nc3ccccc3c(C(=O)OC(C)C(=O)Nc3ccc(OC)cc3OC)c2C1. The number of anilines is 1. The van der Waals surface area contributed by atoms with E-state index in [4.69, 9.17) is 19.2 Å². The summed E-state index contributed by atoms with van der Waals surface area (Å²) in [5, 5.41) is 3.51. The molecule has 8 nitrogen and oxygen atoms in total. The fourth-order valence-corrected chi connectivity index (χ4v) is 4.40. The average Bonchev–Trinajstić information content (AvgIpc) is 2.87. The van der Waals surface area contributed by atoms with Gasteiger partial charge < -0.3 is 19.5 Å². The number of fused-ring (bicyclic) bond motifs is 2. The highest BCUT2D eigenvalue weighted by Gasteiger charge is 2.28. The lowest BCUT2D eigenvalue weighted by Gasteiger charge is -2.29. The molecule has 0 aliphatic carbocycles. The average molecular weight is 478 g/mol. The van der Waals surface area contributed by atoms with Gasteiger partial charge in [0.2, 0.25) is 0 Å². The molecule has 2 aromatic carbocycles. The Kier molecular flexibility index (Phi) is 7.51. The number of para-hydroxylation sites is 1. The van der Waals surface area contributed by atoms with Crippen LogP contribution in [0.15, 0.2) is 42.5 Å². The summed E-state index contributed by atoms with van der Waals surface area (Å²) in [5.74, 6) is 0.0661. The van der Waals surface area contributed by atoms with Crippen molar-refractivity contribution in [3.05, 3.63) is 59.3 Å². The van der Waals surface area contributed by atoms with Crippen molar-refractivity contribution in [1.82, 2.24) is 9.88 Å². The summed E-state index contributed by atoms with van der Waals surface area (Å²) in [6.07, 6.45) is 0.780. The van der Waals surface area contributed by atoms with Crippen LogP contribution < -0.4 is 14.8 Å². The minimum atomic E-state index is -1.02. The summed E-state index contributed by atoms with van der Waals surface area (Å²) in [6.45, 7) is 6.19. The fraction of sp³-hybridized carbons (Fsp3) is 0.370. The number of benzene rings is 2. The number of rotatable bonds is 8. The van der Waals surface area contributed by atoms with Crippen LogP contribution in [0.4, 0.5) is 5.69 Å². The number of carbonyl (C=O) groups is 2. The van der Waals surface area contributed by atoms with Gasteiger partial charge in [0.15, 0.2) is 6.10 Å². The lowest BCUT2D eigenvalue weighted by Crippen LogP contribution is -2.34. The van der Waals surface area contributed by atoms with Crippen LogP contribution in [-0.2, 0) is 22.5 Å². The second-order valence-corrected chi connectivity index (χ2v) is 8.56. The van der Waals surface area contributed by atoms with E-state index in [2.05, 4.69) is 17.1 Å². The van der Waals surface area contributed by atoms with Crippen molar-refractivity contribution in [2.45, 2.75) is 39.3 Å². The van der Waals surface area contributed by atoms with Gasteiger partial charge in [-0.05, 0) is 38.1 Å². The summed E-state index contributed by atoms with van der Waals surface area (Å²) in [4.78, 5) is 33.5. The van der Waals surface area contributed by atoms with Crippen LogP contribution in [-0.4, -0.2) is 55.2 Å². The Morgan fingerprint density at radius 3 is 2.69 bits per heavy atom. The van der Waals surface area contributed by atoms with E-state index in [1.807, 2.05) is 24.3 Å². The summed E-state index contributed by atoms with van der Waals surface area (Å²) in [5.41, 5.74) is 3.51. The molecule has 1 aliphatic heterocycles. The normalized spacial score (nSPS) is 14.2. The maximum absolute atomic E-state index is 13.5. The standard InChI is InChI=1S/C27H31N3O5/c1-5-13-30-14-12-22-20(16-30)25(19-8-6-7-9-21(19)28-22)27(32)35-17(2)26(31)29-23-11-10-18(33-3)15-24(23)34-4/h6-11,15,17H,5,12-14,16H2,1-4H3,(H,29,31). The largest absolute Gasteiger partial charge is 0.497 e. The molecule has 1 N–H and O–H groups in total. The van der Waals surface area contributed by atoms with Gasteiger partial charge in [-0.25, -0.2) is 4.79 Å². The topological polar surface area (TPSA) is 90.0 Å². The van der Waals surface area contributed by atoms with Gasteiger partial charge >= 0.3 is 5.97 Å². The van der Waals surface area contributed by atoms with Crippen molar-refractivity contribution in [1.29, 1.82) is 0 Å². The number of methoxy groups -OCH3 is 2. The summed E-state index contributed by atoms with van der Waals surface area (Å²) in [7, 11) is 3.06. The first kappa shape index (κ1) is 24.5. The Balaban J connectivity index is 1.59. The molecule has 4 rings (SSSR count). The van der Waals surface area contributed by atoms with Crippen LogP contribution in [0.5, 0.6) is 11.5 Å². The highest BCUT2D eigenvalue weighted by molar-refractivity contribution is 6.06. The highest BCUT2D eigenvalue weighted by atomic mass is 16.5. The first-order valence-corrected chi connectivity index (χ1v) is 11.8. The number of carbonyl (C=O) groups excluding carboxylic acids is 2. The smallest absolute Gasteiger partial charge is 0.339 e. The molecule has 1 aliphatic rings. The summed E-state index contributed by atoms with van der Waals surface area (Å²) < 4.78 is 16.2. The van der Waals surface area contributed by atoms with Crippen molar-refractivity contribution in [2.24, 2.45) is 0 Å².